The zero-order chi connectivity index (χ0) is 22.5. The minimum absolute atomic E-state index is 0.0785. The van der Waals surface area contributed by atoms with Gasteiger partial charge in [0.25, 0.3) is 11.5 Å². The van der Waals surface area contributed by atoms with E-state index in [9.17, 15) is 14.0 Å². The molecule has 2 aliphatic rings. The van der Waals surface area contributed by atoms with Crippen molar-refractivity contribution in [2.24, 2.45) is 0 Å². The van der Waals surface area contributed by atoms with E-state index in [0.29, 0.717) is 37.4 Å². The van der Waals surface area contributed by atoms with Gasteiger partial charge in [-0.2, -0.15) is 0 Å². The number of pyridine rings is 1. The summed E-state index contributed by atoms with van der Waals surface area (Å²) in [6.45, 7) is 2.43. The smallest absolute Gasteiger partial charge is 0.266 e. The fourth-order valence-electron chi connectivity index (χ4n) is 5.00. The number of hydrogen-bond donors (Lipinski definition) is 0. The molecule has 0 spiro atoms. The molecule has 6 nitrogen and oxygen atoms in total. The topological polar surface area (TPSA) is 57.9 Å². The number of amides is 1. The van der Waals surface area contributed by atoms with Gasteiger partial charge in [0.15, 0.2) is 5.65 Å². The van der Waals surface area contributed by atoms with Gasteiger partial charge in [-0.3, -0.25) is 14.0 Å². The number of hydrogen-bond acceptors (Lipinski definition) is 5. The van der Waals surface area contributed by atoms with Gasteiger partial charge >= 0.3 is 0 Å². The molecule has 1 amide bonds. The molecule has 0 unspecified atom stereocenters. The molecule has 8 heteroatoms. The van der Waals surface area contributed by atoms with Crippen molar-refractivity contribution in [3.63, 3.8) is 0 Å². The van der Waals surface area contributed by atoms with E-state index in [-0.39, 0.29) is 17.3 Å². The van der Waals surface area contributed by atoms with Gasteiger partial charge < -0.3 is 9.80 Å². The van der Waals surface area contributed by atoms with Crippen LogP contribution in [0.1, 0.15) is 33.6 Å². The van der Waals surface area contributed by atoms with E-state index in [4.69, 9.17) is 4.98 Å². The SMILES string of the molecule is O=C(c1cccn2c(=O)c3c4c(sc3nc12)CCCC4)N1CCN(c2ccc(F)cc2)CC1. The zero-order valence-corrected chi connectivity index (χ0v) is 18.9. The largest absolute Gasteiger partial charge is 0.368 e. The van der Waals surface area contributed by atoms with Crippen LogP contribution in [0.4, 0.5) is 10.1 Å². The number of rotatable bonds is 2. The van der Waals surface area contributed by atoms with Crippen LogP contribution >= 0.6 is 11.3 Å². The van der Waals surface area contributed by atoms with E-state index in [1.165, 1.54) is 21.4 Å². The number of piperazine rings is 1. The summed E-state index contributed by atoms with van der Waals surface area (Å²) in [5.74, 6) is -0.369. The molecule has 0 saturated carbocycles. The molecule has 0 radical (unpaired) electrons. The highest BCUT2D eigenvalue weighted by Crippen LogP contribution is 2.34. The minimum Gasteiger partial charge on any atom is -0.368 e. The Hall–Kier alpha value is -3.26. The van der Waals surface area contributed by atoms with E-state index < -0.39 is 0 Å². The van der Waals surface area contributed by atoms with Gasteiger partial charge in [-0.15, -0.1) is 11.3 Å². The Balaban J connectivity index is 1.32. The Morgan fingerprint density at radius 2 is 1.76 bits per heavy atom. The molecule has 0 atom stereocenters. The summed E-state index contributed by atoms with van der Waals surface area (Å²) in [5.41, 5.74) is 2.91. The van der Waals surface area contributed by atoms with Crippen LogP contribution in [0.15, 0.2) is 47.4 Å². The molecule has 0 N–H and O–H groups in total. The number of anilines is 1. The van der Waals surface area contributed by atoms with Crippen LogP contribution < -0.4 is 10.5 Å². The van der Waals surface area contributed by atoms with Crippen LogP contribution in [0.5, 0.6) is 0 Å². The average Bonchev–Trinajstić information content (AvgIpc) is 3.23. The summed E-state index contributed by atoms with van der Waals surface area (Å²) in [6.07, 6.45) is 5.88. The molecule has 1 aliphatic carbocycles. The maximum atomic E-state index is 13.4. The zero-order valence-electron chi connectivity index (χ0n) is 18.1. The molecule has 4 heterocycles. The third-order valence-electron chi connectivity index (χ3n) is 6.75. The Labute approximate surface area is 193 Å². The normalized spacial score (nSPS) is 16.4. The van der Waals surface area contributed by atoms with E-state index in [1.54, 1.807) is 41.8 Å². The summed E-state index contributed by atoms with van der Waals surface area (Å²) in [5, 5.41) is 0.727. The van der Waals surface area contributed by atoms with Crippen molar-refractivity contribution in [2.45, 2.75) is 25.7 Å². The van der Waals surface area contributed by atoms with Crippen molar-refractivity contribution in [1.29, 1.82) is 0 Å². The second-order valence-corrected chi connectivity index (χ2v) is 9.76. The van der Waals surface area contributed by atoms with Crippen LogP contribution in [0, 0.1) is 5.82 Å². The fourth-order valence-corrected chi connectivity index (χ4v) is 6.25. The molecule has 1 aliphatic heterocycles. The first kappa shape index (κ1) is 20.4. The maximum absolute atomic E-state index is 13.4. The number of carbonyl (C=O) groups is 1. The predicted molar refractivity (Wildman–Crippen MR) is 128 cm³/mol. The lowest BCUT2D eigenvalue weighted by Crippen LogP contribution is -2.49. The van der Waals surface area contributed by atoms with Gasteiger partial charge in [-0.25, -0.2) is 9.37 Å². The summed E-state index contributed by atoms with van der Waals surface area (Å²) in [4.78, 5) is 37.6. The molecular formula is C25H23FN4O2S. The number of aryl methyl sites for hydroxylation is 2. The molecule has 168 valence electrons. The number of fused-ring (bicyclic) bond motifs is 4. The average molecular weight is 463 g/mol. The van der Waals surface area contributed by atoms with Crippen LogP contribution in [0.2, 0.25) is 0 Å². The van der Waals surface area contributed by atoms with Gasteiger partial charge in [-0.05, 0) is 67.6 Å². The molecule has 1 fully saturated rings. The first-order valence-corrected chi connectivity index (χ1v) is 12.2. The molecule has 4 aromatic rings. The van der Waals surface area contributed by atoms with Gasteiger partial charge in [0, 0.05) is 42.9 Å². The van der Waals surface area contributed by atoms with E-state index in [1.807, 2.05) is 4.90 Å². The first-order chi connectivity index (χ1) is 16.1. The monoisotopic (exact) mass is 462 g/mol. The van der Waals surface area contributed by atoms with Crippen molar-refractivity contribution < 1.29 is 9.18 Å². The summed E-state index contributed by atoms with van der Waals surface area (Å²) in [6, 6.07) is 9.95. The van der Waals surface area contributed by atoms with Gasteiger partial charge in [-0.1, -0.05) is 0 Å². The van der Waals surface area contributed by atoms with E-state index in [0.717, 1.165) is 47.2 Å². The highest BCUT2D eigenvalue weighted by Gasteiger charge is 2.26. The molecule has 0 bridgehead atoms. The van der Waals surface area contributed by atoms with Crippen LogP contribution in [-0.4, -0.2) is 46.4 Å². The Morgan fingerprint density at radius 1 is 1.00 bits per heavy atom. The molecular weight excluding hydrogens is 439 g/mol. The summed E-state index contributed by atoms with van der Waals surface area (Å²) >= 11 is 1.60. The Bertz CT molecular complexity index is 1440. The fraction of sp³-hybridized carbons (Fsp3) is 0.320. The minimum atomic E-state index is -0.257. The molecule has 1 saturated heterocycles. The van der Waals surface area contributed by atoms with Gasteiger partial charge in [0.1, 0.15) is 10.6 Å². The highest BCUT2D eigenvalue weighted by atomic mass is 32.1. The Morgan fingerprint density at radius 3 is 2.55 bits per heavy atom. The molecule has 6 rings (SSSR count). The number of aromatic nitrogens is 2. The van der Waals surface area contributed by atoms with Gasteiger partial charge in [0.2, 0.25) is 0 Å². The molecule has 33 heavy (non-hydrogen) atoms. The van der Waals surface area contributed by atoms with Crippen molar-refractivity contribution in [2.75, 3.05) is 31.1 Å². The van der Waals surface area contributed by atoms with Crippen molar-refractivity contribution in [3.8, 4) is 0 Å². The number of nitrogens with zero attached hydrogens (tertiary/aromatic N) is 4. The number of thiophene rings is 1. The third kappa shape index (κ3) is 3.40. The van der Waals surface area contributed by atoms with Crippen molar-refractivity contribution in [3.05, 3.63) is 74.8 Å². The third-order valence-corrected chi connectivity index (χ3v) is 7.93. The van der Waals surface area contributed by atoms with Crippen LogP contribution in [-0.2, 0) is 12.8 Å². The molecule has 1 aromatic carbocycles. The lowest BCUT2D eigenvalue weighted by atomic mass is 9.97. The second kappa shape index (κ2) is 7.95. The quantitative estimate of drug-likeness (QED) is 0.454. The lowest BCUT2D eigenvalue weighted by Gasteiger charge is -2.36. The van der Waals surface area contributed by atoms with Crippen molar-refractivity contribution in [1.82, 2.24) is 14.3 Å². The second-order valence-electron chi connectivity index (χ2n) is 8.68. The number of halogens is 1. The highest BCUT2D eigenvalue weighted by molar-refractivity contribution is 7.18. The lowest BCUT2D eigenvalue weighted by molar-refractivity contribution is 0.0748. The number of benzene rings is 1. The summed E-state index contributed by atoms with van der Waals surface area (Å²) in [7, 11) is 0. The van der Waals surface area contributed by atoms with Gasteiger partial charge in [0.05, 0.1) is 10.9 Å². The van der Waals surface area contributed by atoms with E-state index >= 15 is 0 Å². The van der Waals surface area contributed by atoms with Crippen molar-refractivity contribution >= 4 is 38.8 Å². The predicted octanol–water partition coefficient (Wildman–Crippen LogP) is 3.89. The summed E-state index contributed by atoms with van der Waals surface area (Å²) < 4.78 is 14.8. The maximum Gasteiger partial charge on any atom is 0.266 e. The van der Waals surface area contributed by atoms with E-state index in [2.05, 4.69) is 4.90 Å². The van der Waals surface area contributed by atoms with Crippen LogP contribution in [0.25, 0.3) is 15.9 Å². The standard InChI is InChI=1S/C25H23FN4O2S/c26-16-7-9-17(10-8-16)28-12-14-29(15-13-28)24(31)19-5-3-11-30-22(19)27-23-21(25(30)32)18-4-1-2-6-20(18)33-23/h3,5,7-11H,1-2,4,6,12-15H2. The van der Waals surface area contributed by atoms with Crippen LogP contribution in [0.3, 0.4) is 0 Å². The first-order valence-electron chi connectivity index (χ1n) is 11.4. The Kier molecular flexibility index (Phi) is 4.90. The molecule has 3 aromatic heterocycles. The number of carbonyl (C=O) groups excluding carboxylic acids is 1.